The number of anilines is 1. The average Bonchev–Trinajstić information content (AvgIpc) is 2.48. The molecule has 110 valence electrons. The molecule has 1 aliphatic heterocycles. The molecule has 0 radical (unpaired) electrons. The standard InChI is InChI=1S/C14H22N4O2/c1-2-20-14(19)13-5-3-4-8-18(13)10-12-9-11(17-15)6-7-16-12/h6-7,9,13H,2-5,8,10,15H2,1H3,(H,16,17). The van der Waals surface area contributed by atoms with E-state index in [9.17, 15) is 4.79 Å². The zero-order valence-corrected chi connectivity index (χ0v) is 11.8. The number of nitrogens with zero attached hydrogens (tertiary/aromatic N) is 2. The van der Waals surface area contributed by atoms with Crippen molar-refractivity contribution in [3.05, 3.63) is 24.0 Å². The normalized spacial score (nSPS) is 19.6. The second-order valence-corrected chi connectivity index (χ2v) is 4.91. The number of hydrogen-bond donors (Lipinski definition) is 2. The molecule has 6 nitrogen and oxygen atoms in total. The minimum Gasteiger partial charge on any atom is -0.465 e. The Balaban J connectivity index is 2.06. The second kappa shape index (κ2) is 7.21. The predicted molar refractivity (Wildman–Crippen MR) is 76.7 cm³/mol. The number of hydrogen-bond acceptors (Lipinski definition) is 6. The van der Waals surface area contributed by atoms with E-state index in [1.54, 1.807) is 6.20 Å². The summed E-state index contributed by atoms with van der Waals surface area (Å²) in [7, 11) is 0. The largest absolute Gasteiger partial charge is 0.465 e. The van der Waals surface area contributed by atoms with Gasteiger partial charge in [0, 0.05) is 12.7 Å². The van der Waals surface area contributed by atoms with Crippen LogP contribution in [0.5, 0.6) is 0 Å². The second-order valence-electron chi connectivity index (χ2n) is 4.91. The molecule has 6 heteroatoms. The van der Waals surface area contributed by atoms with E-state index in [1.165, 1.54) is 0 Å². The van der Waals surface area contributed by atoms with Crippen molar-refractivity contribution in [3.63, 3.8) is 0 Å². The van der Waals surface area contributed by atoms with Gasteiger partial charge in [0.2, 0.25) is 0 Å². The van der Waals surface area contributed by atoms with Crippen LogP contribution >= 0.6 is 0 Å². The third kappa shape index (κ3) is 3.68. The zero-order valence-electron chi connectivity index (χ0n) is 11.8. The summed E-state index contributed by atoms with van der Waals surface area (Å²) >= 11 is 0. The Morgan fingerprint density at radius 2 is 2.45 bits per heavy atom. The van der Waals surface area contributed by atoms with Crippen molar-refractivity contribution in [1.82, 2.24) is 9.88 Å². The summed E-state index contributed by atoms with van der Waals surface area (Å²) < 4.78 is 5.16. The third-order valence-corrected chi connectivity index (χ3v) is 3.52. The van der Waals surface area contributed by atoms with Crippen LogP contribution in [0.4, 0.5) is 5.69 Å². The van der Waals surface area contributed by atoms with E-state index in [-0.39, 0.29) is 12.0 Å². The SMILES string of the molecule is CCOC(=O)C1CCCCN1Cc1cc(NN)ccn1. The highest BCUT2D eigenvalue weighted by Crippen LogP contribution is 2.21. The monoisotopic (exact) mass is 278 g/mol. The predicted octanol–water partition coefficient (Wildman–Crippen LogP) is 1.28. The molecule has 0 spiro atoms. The number of aromatic nitrogens is 1. The number of likely N-dealkylation sites (tertiary alicyclic amines) is 1. The van der Waals surface area contributed by atoms with Crippen LogP contribution in [0.2, 0.25) is 0 Å². The topological polar surface area (TPSA) is 80.5 Å². The van der Waals surface area contributed by atoms with Gasteiger partial charge in [0.25, 0.3) is 0 Å². The Bertz CT molecular complexity index is 453. The van der Waals surface area contributed by atoms with Gasteiger partial charge in [-0.15, -0.1) is 0 Å². The van der Waals surface area contributed by atoms with E-state index in [0.29, 0.717) is 13.2 Å². The van der Waals surface area contributed by atoms with E-state index in [4.69, 9.17) is 10.6 Å². The number of pyridine rings is 1. The number of ether oxygens (including phenoxy) is 1. The first-order chi connectivity index (χ1) is 9.74. The Morgan fingerprint density at radius 1 is 1.60 bits per heavy atom. The molecule has 2 heterocycles. The molecule has 0 aliphatic carbocycles. The van der Waals surface area contributed by atoms with Crippen LogP contribution in [0.15, 0.2) is 18.3 Å². The van der Waals surface area contributed by atoms with E-state index < -0.39 is 0 Å². The maximum Gasteiger partial charge on any atom is 0.323 e. The lowest BCUT2D eigenvalue weighted by Gasteiger charge is -2.33. The molecule has 0 amide bonds. The van der Waals surface area contributed by atoms with E-state index >= 15 is 0 Å². The summed E-state index contributed by atoms with van der Waals surface area (Å²) in [6, 6.07) is 3.55. The van der Waals surface area contributed by atoms with Gasteiger partial charge in [0.15, 0.2) is 0 Å². The van der Waals surface area contributed by atoms with Gasteiger partial charge in [-0.3, -0.25) is 20.5 Å². The van der Waals surface area contributed by atoms with Crippen molar-refractivity contribution in [2.75, 3.05) is 18.6 Å². The lowest BCUT2D eigenvalue weighted by molar-refractivity contribution is -0.151. The van der Waals surface area contributed by atoms with Gasteiger partial charge in [-0.2, -0.15) is 0 Å². The Labute approximate surface area is 119 Å². The third-order valence-electron chi connectivity index (χ3n) is 3.52. The summed E-state index contributed by atoms with van der Waals surface area (Å²) in [5, 5.41) is 0. The number of nitrogen functional groups attached to an aromatic ring is 1. The van der Waals surface area contributed by atoms with Crippen LogP contribution in [0.3, 0.4) is 0 Å². The Kier molecular flexibility index (Phi) is 5.31. The molecule has 0 saturated carbocycles. The van der Waals surface area contributed by atoms with Crippen LogP contribution < -0.4 is 11.3 Å². The maximum absolute atomic E-state index is 12.0. The first-order valence-electron chi connectivity index (χ1n) is 7.07. The fraction of sp³-hybridized carbons (Fsp3) is 0.571. The van der Waals surface area contributed by atoms with E-state index in [2.05, 4.69) is 15.3 Å². The number of carbonyl (C=O) groups is 1. The minimum absolute atomic E-state index is 0.125. The van der Waals surface area contributed by atoms with Gasteiger partial charge in [0.1, 0.15) is 6.04 Å². The number of nitrogens with one attached hydrogen (secondary N) is 1. The molecule has 0 aromatic carbocycles. The van der Waals surface area contributed by atoms with Crippen molar-refractivity contribution < 1.29 is 9.53 Å². The van der Waals surface area contributed by atoms with Gasteiger partial charge >= 0.3 is 5.97 Å². The fourth-order valence-electron chi connectivity index (χ4n) is 2.55. The first kappa shape index (κ1) is 14.7. The highest BCUT2D eigenvalue weighted by molar-refractivity contribution is 5.75. The van der Waals surface area contributed by atoms with Crippen molar-refractivity contribution >= 4 is 11.7 Å². The van der Waals surface area contributed by atoms with Crippen molar-refractivity contribution in [1.29, 1.82) is 0 Å². The summed E-state index contributed by atoms with van der Waals surface area (Å²) in [4.78, 5) is 18.5. The van der Waals surface area contributed by atoms with E-state index in [0.717, 1.165) is 37.2 Å². The van der Waals surface area contributed by atoms with Crippen LogP contribution in [0.25, 0.3) is 0 Å². The summed E-state index contributed by atoms with van der Waals surface area (Å²) in [5.74, 6) is 5.28. The molecule has 1 saturated heterocycles. The molecule has 2 rings (SSSR count). The van der Waals surface area contributed by atoms with Gasteiger partial charge in [0.05, 0.1) is 18.0 Å². The highest BCUT2D eigenvalue weighted by Gasteiger charge is 2.29. The maximum atomic E-state index is 12.0. The highest BCUT2D eigenvalue weighted by atomic mass is 16.5. The van der Waals surface area contributed by atoms with Crippen LogP contribution in [-0.2, 0) is 16.1 Å². The average molecular weight is 278 g/mol. The molecule has 1 aliphatic rings. The number of esters is 1. The molecular formula is C14H22N4O2. The number of hydrazine groups is 1. The minimum atomic E-state index is -0.153. The van der Waals surface area contributed by atoms with Crippen molar-refractivity contribution in [2.24, 2.45) is 5.84 Å². The van der Waals surface area contributed by atoms with Gasteiger partial charge in [-0.05, 0) is 38.4 Å². The number of carbonyl (C=O) groups excluding carboxylic acids is 1. The zero-order chi connectivity index (χ0) is 14.4. The lowest BCUT2D eigenvalue weighted by Crippen LogP contribution is -2.45. The summed E-state index contributed by atoms with van der Waals surface area (Å²) in [6.07, 6.45) is 4.74. The van der Waals surface area contributed by atoms with Crippen LogP contribution in [0.1, 0.15) is 31.9 Å². The van der Waals surface area contributed by atoms with Gasteiger partial charge in [-0.1, -0.05) is 6.42 Å². The van der Waals surface area contributed by atoms with Crippen molar-refractivity contribution in [3.8, 4) is 0 Å². The molecule has 0 bridgehead atoms. The van der Waals surface area contributed by atoms with Crippen LogP contribution in [0, 0.1) is 0 Å². The molecular weight excluding hydrogens is 256 g/mol. The lowest BCUT2D eigenvalue weighted by atomic mass is 10.0. The number of nitrogens with two attached hydrogens (primary N) is 1. The fourth-order valence-corrected chi connectivity index (χ4v) is 2.55. The molecule has 1 unspecified atom stereocenters. The molecule has 1 aromatic rings. The van der Waals surface area contributed by atoms with Crippen LogP contribution in [-0.4, -0.2) is 35.0 Å². The van der Waals surface area contributed by atoms with Gasteiger partial charge in [-0.25, -0.2) is 0 Å². The molecule has 20 heavy (non-hydrogen) atoms. The quantitative estimate of drug-likeness (QED) is 0.480. The molecule has 3 N–H and O–H groups in total. The smallest absolute Gasteiger partial charge is 0.323 e. The molecule has 1 fully saturated rings. The number of piperidine rings is 1. The molecule has 1 atom stereocenters. The van der Waals surface area contributed by atoms with E-state index in [1.807, 2.05) is 19.1 Å². The Morgan fingerprint density at radius 3 is 3.20 bits per heavy atom. The Hall–Kier alpha value is -1.66. The summed E-state index contributed by atoms with van der Waals surface area (Å²) in [5.41, 5.74) is 4.33. The number of rotatable bonds is 5. The molecule has 1 aromatic heterocycles. The summed E-state index contributed by atoms with van der Waals surface area (Å²) in [6.45, 7) is 3.79. The first-order valence-corrected chi connectivity index (χ1v) is 7.07. The van der Waals surface area contributed by atoms with Gasteiger partial charge < -0.3 is 10.2 Å². The van der Waals surface area contributed by atoms with Crippen molar-refractivity contribution in [2.45, 2.75) is 38.8 Å².